The van der Waals surface area contributed by atoms with E-state index in [1.165, 1.54) is 36.3 Å². The van der Waals surface area contributed by atoms with E-state index in [0.717, 1.165) is 0 Å². The van der Waals surface area contributed by atoms with Crippen molar-refractivity contribution >= 4 is 17.6 Å². The van der Waals surface area contributed by atoms with Crippen LogP contribution < -0.4 is 11.1 Å². The second-order valence-electron chi connectivity index (χ2n) is 3.63. The molecule has 0 aliphatic carbocycles. The molecule has 98 valence electrons. The zero-order valence-corrected chi connectivity index (χ0v) is 9.99. The minimum absolute atomic E-state index is 0.0124. The average Bonchev–Trinajstić information content (AvgIpc) is 2.87. The van der Waals surface area contributed by atoms with Crippen molar-refractivity contribution in [3.8, 4) is 5.82 Å². The van der Waals surface area contributed by atoms with Gasteiger partial charge in [0.2, 0.25) is 0 Å². The number of nitrogen functional groups attached to an aromatic ring is 1. The molecular formula is C11H11N5O3. The number of hydrogen-bond acceptors (Lipinski definition) is 5. The third kappa shape index (κ3) is 2.23. The van der Waals surface area contributed by atoms with Crippen molar-refractivity contribution in [3.05, 3.63) is 35.8 Å². The van der Waals surface area contributed by atoms with Gasteiger partial charge in [-0.3, -0.25) is 4.79 Å². The fraction of sp³-hybridized carbons (Fsp3) is 0.0909. The summed E-state index contributed by atoms with van der Waals surface area (Å²) in [6.07, 6.45) is 2.80. The van der Waals surface area contributed by atoms with Crippen molar-refractivity contribution in [1.82, 2.24) is 20.1 Å². The second kappa shape index (κ2) is 4.77. The summed E-state index contributed by atoms with van der Waals surface area (Å²) in [6.45, 7) is 0. The van der Waals surface area contributed by atoms with Crippen LogP contribution in [0.5, 0.6) is 0 Å². The molecule has 4 N–H and O–H groups in total. The van der Waals surface area contributed by atoms with Crippen molar-refractivity contribution in [2.45, 2.75) is 0 Å². The van der Waals surface area contributed by atoms with E-state index in [-0.39, 0.29) is 28.7 Å². The molecule has 2 rings (SSSR count). The van der Waals surface area contributed by atoms with E-state index in [9.17, 15) is 9.59 Å². The van der Waals surface area contributed by atoms with Crippen molar-refractivity contribution in [1.29, 1.82) is 0 Å². The summed E-state index contributed by atoms with van der Waals surface area (Å²) in [4.78, 5) is 26.3. The molecular weight excluding hydrogens is 250 g/mol. The molecule has 0 unspecified atom stereocenters. The van der Waals surface area contributed by atoms with E-state index in [4.69, 9.17) is 10.8 Å². The number of nitrogens with two attached hydrogens (primary N) is 1. The molecule has 0 fully saturated rings. The Morgan fingerprint density at radius 2 is 2.16 bits per heavy atom. The summed E-state index contributed by atoms with van der Waals surface area (Å²) < 4.78 is 1.26. The maximum absolute atomic E-state index is 11.4. The quantitative estimate of drug-likeness (QED) is 0.709. The van der Waals surface area contributed by atoms with Gasteiger partial charge in [-0.15, -0.1) is 0 Å². The van der Waals surface area contributed by atoms with Gasteiger partial charge in [-0.25, -0.2) is 14.5 Å². The normalized spacial score (nSPS) is 10.2. The number of carbonyl (C=O) groups excluding carboxylic acids is 1. The third-order valence-corrected chi connectivity index (χ3v) is 2.47. The highest BCUT2D eigenvalue weighted by atomic mass is 16.4. The lowest BCUT2D eigenvalue weighted by molar-refractivity contribution is 0.0697. The molecule has 0 atom stereocenters. The fourth-order valence-corrected chi connectivity index (χ4v) is 1.52. The largest absolute Gasteiger partial charge is 0.478 e. The predicted molar refractivity (Wildman–Crippen MR) is 66.1 cm³/mol. The topological polar surface area (TPSA) is 123 Å². The summed E-state index contributed by atoms with van der Waals surface area (Å²) in [7, 11) is 1.49. The number of carboxylic acids is 1. The summed E-state index contributed by atoms with van der Waals surface area (Å²) in [6, 6.07) is 2.78. The molecule has 0 radical (unpaired) electrons. The van der Waals surface area contributed by atoms with Gasteiger partial charge in [-0.05, 0) is 12.1 Å². The lowest BCUT2D eigenvalue weighted by Gasteiger charge is -2.06. The summed E-state index contributed by atoms with van der Waals surface area (Å²) in [5.74, 6) is -1.35. The number of carboxylic acid groups (broad SMARTS) is 1. The summed E-state index contributed by atoms with van der Waals surface area (Å²) in [5.41, 5.74) is 5.83. The van der Waals surface area contributed by atoms with Crippen molar-refractivity contribution in [3.63, 3.8) is 0 Å². The van der Waals surface area contributed by atoms with Gasteiger partial charge in [0.05, 0.1) is 11.3 Å². The first-order chi connectivity index (χ1) is 9.04. The monoisotopic (exact) mass is 261 g/mol. The van der Waals surface area contributed by atoms with E-state index in [2.05, 4.69) is 15.4 Å². The number of nitrogens with zero attached hydrogens (tertiary/aromatic N) is 3. The molecule has 0 aliphatic rings. The number of rotatable bonds is 3. The number of hydrogen-bond donors (Lipinski definition) is 3. The van der Waals surface area contributed by atoms with Gasteiger partial charge in [0.15, 0.2) is 11.5 Å². The third-order valence-electron chi connectivity index (χ3n) is 2.47. The minimum atomic E-state index is -1.15. The Morgan fingerprint density at radius 1 is 1.42 bits per heavy atom. The molecule has 1 amide bonds. The molecule has 0 aromatic carbocycles. The smallest absolute Gasteiger partial charge is 0.337 e. The van der Waals surface area contributed by atoms with Crippen LogP contribution >= 0.6 is 0 Å². The van der Waals surface area contributed by atoms with Gasteiger partial charge >= 0.3 is 5.97 Å². The van der Waals surface area contributed by atoms with Crippen LogP contribution in [-0.2, 0) is 0 Å². The second-order valence-corrected chi connectivity index (χ2v) is 3.63. The van der Waals surface area contributed by atoms with Gasteiger partial charge in [-0.1, -0.05) is 0 Å². The van der Waals surface area contributed by atoms with Crippen LogP contribution in [0.2, 0.25) is 0 Å². The zero-order valence-electron chi connectivity index (χ0n) is 9.99. The molecule has 2 aromatic rings. The van der Waals surface area contributed by atoms with Crippen LogP contribution in [0.3, 0.4) is 0 Å². The van der Waals surface area contributed by atoms with Gasteiger partial charge in [-0.2, -0.15) is 5.10 Å². The lowest BCUT2D eigenvalue weighted by atomic mass is 10.2. The van der Waals surface area contributed by atoms with Crippen molar-refractivity contribution in [2.75, 3.05) is 12.8 Å². The molecule has 8 heteroatoms. The Balaban J connectivity index is 2.48. The number of pyridine rings is 1. The Labute approximate surface area is 107 Å². The van der Waals surface area contributed by atoms with E-state index < -0.39 is 5.97 Å². The minimum Gasteiger partial charge on any atom is -0.478 e. The summed E-state index contributed by atoms with van der Waals surface area (Å²) >= 11 is 0. The van der Waals surface area contributed by atoms with Gasteiger partial charge in [0, 0.05) is 19.4 Å². The Morgan fingerprint density at radius 3 is 2.79 bits per heavy atom. The molecule has 2 heterocycles. The van der Waals surface area contributed by atoms with Gasteiger partial charge in [0.25, 0.3) is 5.91 Å². The van der Waals surface area contributed by atoms with Crippen LogP contribution in [0.15, 0.2) is 24.5 Å². The molecule has 2 aromatic heterocycles. The fourth-order valence-electron chi connectivity index (χ4n) is 1.52. The standard InChI is InChI=1S/C11H11N5O3/c1-13-10(17)7-3-5-16(15-7)9-8(12)6(11(18)19)2-4-14-9/h2-5H,12H2,1H3,(H,13,17)(H,18,19). The highest BCUT2D eigenvalue weighted by Gasteiger charge is 2.15. The molecule has 8 nitrogen and oxygen atoms in total. The zero-order chi connectivity index (χ0) is 14.0. The number of aromatic nitrogens is 3. The van der Waals surface area contributed by atoms with E-state index in [1.54, 1.807) is 0 Å². The highest BCUT2D eigenvalue weighted by molar-refractivity contribution is 5.95. The molecule has 0 bridgehead atoms. The lowest BCUT2D eigenvalue weighted by Crippen LogP contribution is -2.19. The Bertz CT molecular complexity index is 650. The Hall–Kier alpha value is -2.90. The SMILES string of the molecule is CNC(=O)c1ccn(-c2nccc(C(=O)O)c2N)n1. The van der Waals surface area contributed by atoms with E-state index >= 15 is 0 Å². The molecule has 0 aliphatic heterocycles. The maximum atomic E-state index is 11.4. The number of anilines is 1. The van der Waals surface area contributed by atoms with Crippen LogP contribution in [0, 0.1) is 0 Å². The first-order valence-corrected chi connectivity index (χ1v) is 5.30. The average molecular weight is 261 g/mol. The number of nitrogens with one attached hydrogen (secondary N) is 1. The molecule has 0 spiro atoms. The predicted octanol–water partition coefficient (Wildman–Crippen LogP) is -0.0927. The number of aromatic carboxylic acids is 1. The van der Waals surface area contributed by atoms with Crippen molar-refractivity contribution in [2.24, 2.45) is 0 Å². The summed E-state index contributed by atoms with van der Waals surface area (Å²) in [5, 5.41) is 15.4. The van der Waals surface area contributed by atoms with Crippen LogP contribution in [-0.4, -0.2) is 38.8 Å². The maximum Gasteiger partial charge on any atom is 0.337 e. The molecule has 0 saturated carbocycles. The Kier molecular flexibility index (Phi) is 3.15. The molecule has 0 saturated heterocycles. The first kappa shape index (κ1) is 12.6. The van der Waals surface area contributed by atoms with Gasteiger partial charge < -0.3 is 16.2 Å². The van der Waals surface area contributed by atoms with Gasteiger partial charge in [0.1, 0.15) is 0 Å². The van der Waals surface area contributed by atoms with E-state index in [1.807, 2.05) is 0 Å². The van der Waals surface area contributed by atoms with Crippen molar-refractivity contribution < 1.29 is 14.7 Å². The highest BCUT2D eigenvalue weighted by Crippen LogP contribution is 2.18. The number of carbonyl (C=O) groups is 2. The van der Waals surface area contributed by atoms with Crippen LogP contribution in [0.4, 0.5) is 5.69 Å². The number of amides is 1. The van der Waals surface area contributed by atoms with Crippen LogP contribution in [0.1, 0.15) is 20.8 Å². The first-order valence-electron chi connectivity index (χ1n) is 5.30. The molecule has 19 heavy (non-hydrogen) atoms. The van der Waals surface area contributed by atoms with E-state index in [0.29, 0.717) is 0 Å². The van der Waals surface area contributed by atoms with Crippen LogP contribution in [0.25, 0.3) is 5.82 Å².